The van der Waals surface area contributed by atoms with Crippen LogP contribution < -0.4 is 5.32 Å². The van der Waals surface area contributed by atoms with Crippen molar-refractivity contribution < 1.29 is 19.5 Å². The molecule has 1 aliphatic heterocycles. The van der Waals surface area contributed by atoms with Gasteiger partial charge in [0.2, 0.25) is 5.91 Å². The molecular formula is C18H22N2O4. The summed E-state index contributed by atoms with van der Waals surface area (Å²) in [5.74, 6) is -0.668. The maximum absolute atomic E-state index is 12.6. The van der Waals surface area contributed by atoms with Gasteiger partial charge in [0, 0.05) is 23.7 Å². The van der Waals surface area contributed by atoms with Crippen molar-refractivity contribution >= 4 is 23.5 Å². The Balaban J connectivity index is 1.67. The maximum atomic E-state index is 12.6. The summed E-state index contributed by atoms with van der Waals surface area (Å²) in [7, 11) is 0. The molecule has 1 saturated carbocycles. The number of carbonyl (C=O) groups excluding carboxylic acids is 2. The zero-order valence-corrected chi connectivity index (χ0v) is 13.7. The van der Waals surface area contributed by atoms with Crippen LogP contribution in [0.4, 0.5) is 5.69 Å². The van der Waals surface area contributed by atoms with E-state index in [1.807, 2.05) is 6.92 Å². The fourth-order valence-corrected chi connectivity index (χ4v) is 3.22. The smallest absolute Gasteiger partial charge is 0.326 e. The van der Waals surface area contributed by atoms with Gasteiger partial charge in [-0.1, -0.05) is 6.92 Å². The number of hydrogen-bond donors (Lipinski definition) is 2. The van der Waals surface area contributed by atoms with Crippen molar-refractivity contribution in [2.45, 2.75) is 38.6 Å². The number of likely N-dealkylation sites (tertiary alicyclic amines) is 1. The molecule has 0 bridgehead atoms. The number of anilines is 1. The van der Waals surface area contributed by atoms with E-state index in [1.54, 1.807) is 24.3 Å². The SMILES string of the molecule is CC1CC1C(=O)Nc1ccc(C(=O)N2CCCCC2C(=O)O)cc1. The van der Waals surface area contributed by atoms with Gasteiger partial charge in [-0.2, -0.15) is 0 Å². The van der Waals surface area contributed by atoms with Gasteiger partial charge in [-0.25, -0.2) is 4.79 Å². The Morgan fingerprint density at radius 2 is 1.83 bits per heavy atom. The van der Waals surface area contributed by atoms with Crippen molar-refractivity contribution in [3.8, 4) is 0 Å². The lowest BCUT2D eigenvalue weighted by molar-refractivity contribution is -0.143. The number of aliphatic carboxylic acids is 1. The van der Waals surface area contributed by atoms with Gasteiger partial charge in [0.15, 0.2) is 0 Å². The minimum atomic E-state index is -0.953. The predicted octanol–water partition coefficient (Wildman–Crippen LogP) is 2.36. The van der Waals surface area contributed by atoms with Gasteiger partial charge in [-0.15, -0.1) is 0 Å². The van der Waals surface area contributed by atoms with Gasteiger partial charge in [-0.3, -0.25) is 9.59 Å². The molecule has 2 aliphatic rings. The van der Waals surface area contributed by atoms with E-state index in [2.05, 4.69) is 5.32 Å². The number of carboxylic acid groups (broad SMARTS) is 1. The first-order chi connectivity index (χ1) is 11.5. The number of piperidine rings is 1. The fraction of sp³-hybridized carbons (Fsp3) is 0.500. The molecule has 2 fully saturated rings. The third-order valence-electron chi connectivity index (χ3n) is 4.89. The van der Waals surface area contributed by atoms with Crippen LogP contribution in [0.3, 0.4) is 0 Å². The highest BCUT2D eigenvalue weighted by Crippen LogP contribution is 2.38. The number of nitrogens with zero attached hydrogens (tertiary/aromatic N) is 1. The first-order valence-electron chi connectivity index (χ1n) is 8.42. The number of carbonyl (C=O) groups is 3. The van der Waals surface area contributed by atoms with Crippen LogP contribution in [0, 0.1) is 11.8 Å². The summed E-state index contributed by atoms with van der Waals surface area (Å²) in [6.45, 7) is 2.51. The van der Waals surface area contributed by atoms with Gasteiger partial charge in [0.1, 0.15) is 6.04 Å². The molecule has 128 valence electrons. The molecule has 1 aromatic rings. The lowest BCUT2D eigenvalue weighted by Gasteiger charge is -2.33. The average Bonchev–Trinajstić information content (AvgIpc) is 3.32. The second kappa shape index (κ2) is 6.63. The van der Waals surface area contributed by atoms with Crippen LogP contribution in [0.1, 0.15) is 43.0 Å². The molecule has 6 nitrogen and oxygen atoms in total. The Labute approximate surface area is 140 Å². The van der Waals surface area contributed by atoms with E-state index < -0.39 is 12.0 Å². The van der Waals surface area contributed by atoms with Gasteiger partial charge in [-0.05, 0) is 55.9 Å². The number of nitrogens with one attached hydrogen (secondary N) is 1. The third kappa shape index (κ3) is 3.42. The quantitative estimate of drug-likeness (QED) is 0.887. The van der Waals surface area contributed by atoms with Crippen molar-refractivity contribution in [2.75, 3.05) is 11.9 Å². The zero-order valence-electron chi connectivity index (χ0n) is 13.7. The Hall–Kier alpha value is -2.37. The number of carboxylic acids is 1. The molecule has 1 saturated heterocycles. The molecule has 3 atom stereocenters. The molecule has 3 rings (SSSR count). The Morgan fingerprint density at radius 3 is 2.42 bits per heavy atom. The van der Waals surface area contributed by atoms with Crippen LogP contribution in [0.2, 0.25) is 0 Å². The zero-order chi connectivity index (χ0) is 17.3. The predicted molar refractivity (Wildman–Crippen MR) is 88.7 cm³/mol. The van der Waals surface area contributed by atoms with E-state index in [1.165, 1.54) is 4.90 Å². The van der Waals surface area contributed by atoms with Crippen LogP contribution in [0.25, 0.3) is 0 Å². The molecule has 2 N–H and O–H groups in total. The summed E-state index contributed by atoms with van der Waals surface area (Å²) in [6.07, 6.45) is 3.07. The Bertz CT molecular complexity index is 655. The highest BCUT2D eigenvalue weighted by molar-refractivity contribution is 5.98. The molecule has 24 heavy (non-hydrogen) atoms. The van der Waals surface area contributed by atoms with E-state index >= 15 is 0 Å². The Morgan fingerprint density at radius 1 is 1.17 bits per heavy atom. The molecule has 0 radical (unpaired) electrons. The summed E-state index contributed by atoms with van der Waals surface area (Å²) in [6, 6.07) is 5.92. The molecule has 6 heteroatoms. The van der Waals surface area contributed by atoms with Crippen molar-refractivity contribution in [3.05, 3.63) is 29.8 Å². The maximum Gasteiger partial charge on any atom is 0.326 e. The molecule has 0 spiro atoms. The van der Waals surface area contributed by atoms with Crippen LogP contribution in [-0.4, -0.2) is 40.4 Å². The second-order valence-corrected chi connectivity index (χ2v) is 6.73. The average molecular weight is 330 g/mol. The monoisotopic (exact) mass is 330 g/mol. The van der Waals surface area contributed by atoms with Gasteiger partial charge in [0.05, 0.1) is 0 Å². The van der Waals surface area contributed by atoms with Crippen molar-refractivity contribution in [1.82, 2.24) is 4.90 Å². The van der Waals surface area contributed by atoms with E-state index in [-0.39, 0.29) is 17.7 Å². The van der Waals surface area contributed by atoms with E-state index in [4.69, 9.17) is 0 Å². The number of amides is 2. The van der Waals surface area contributed by atoms with Crippen LogP contribution in [-0.2, 0) is 9.59 Å². The van der Waals surface area contributed by atoms with Crippen molar-refractivity contribution in [2.24, 2.45) is 11.8 Å². The molecular weight excluding hydrogens is 308 g/mol. The van der Waals surface area contributed by atoms with Gasteiger partial charge >= 0.3 is 5.97 Å². The minimum Gasteiger partial charge on any atom is -0.480 e. The van der Waals surface area contributed by atoms with Crippen LogP contribution in [0.5, 0.6) is 0 Å². The fourth-order valence-electron chi connectivity index (χ4n) is 3.22. The molecule has 3 unspecified atom stereocenters. The Kier molecular flexibility index (Phi) is 4.55. The topological polar surface area (TPSA) is 86.7 Å². The van der Waals surface area contributed by atoms with Crippen LogP contribution in [0.15, 0.2) is 24.3 Å². The highest BCUT2D eigenvalue weighted by Gasteiger charge is 2.39. The number of rotatable bonds is 4. The summed E-state index contributed by atoms with van der Waals surface area (Å²) >= 11 is 0. The minimum absolute atomic E-state index is 0.0172. The van der Waals surface area contributed by atoms with Gasteiger partial charge < -0.3 is 15.3 Å². The first-order valence-corrected chi connectivity index (χ1v) is 8.42. The third-order valence-corrected chi connectivity index (χ3v) is 4.89. The largest absolute Gasteiger partial charge is 0.480 e. The van der Waals surface area contributed by atoms with E-state index in [0.29, 0.717) is 30.1 Å². The van der Waals surface area contributed by atoms with Crippen molar-refractivity contribution in [1.29, 1.82) is 0 Å². The van der Waals surface area contributed by atoms with Crippen LogP contribution >= 0.6 is 0 Å². The summed E-state index contributed by atoms with van der Waals surface area (Å²) in [4.78, 5) is 37.3. The summed E-state index contributed by atoms with van der Waals surface area (Å²) < 4.78 is 0. The molecule has 1 aromatic carbocycles. The summed E-state index contributed by atoms with van der Waals surface area (Å²) in [5.41, 5.74) is 1.10. The second-order valence-electron chi connectivity index (χ2n) is 6.73. The lowest BCUT2D eigenvalue weighted by Crippen LogP contribution is -2.47. The standard InChI is InChI=1S/C18H22N2O4/c1-11-10-14(11)16(21)19-13-7-5-12(6-8-13)17(22)20-9-3-2-4-15(20)18(23)24/h5-8,11,14-15H,2-4,9-10H2,1H3,(H,19,21)(H,23,24). The highest BCUT2D eigenvalue weighted by atomic mass is 16.4. The lowest BCUT2D eigenvalue weighted by atomic mass is 10.0. The molecule has 1 heterocycles. The molecule has 2 amide bonds. The number of benzene rings is 1. The first kappa shape index (κ1) is 16.5. The van der Waals surface area contributed by atoms with Crippen molar-refractivity contribution in [3.63, 3.8) is 0 Å². The van der Waals surface area contributed by atoms with Gasteiger partial charge in [0.25, 0.3) is 5.91 Å². The summed E-state index contributed by atoms with van der Waals surface area (Å²) in [5, 5.41) is 12.1. The van der Waals surface area contributed by atoms with E-state index in [9.17, 15) is 19.5 Å². The number of hydrogen-bond acceptors (Lipinski definition) is 3. The normalized spacial score (nSPS) is 25.9. The van der Waals surface area contributed by atoms with E-state index in [0.717, 1.165) is 19.3 Å². The molecule has 1 aliphatic carbocycles. The molecule has 0 aromatic heterocycles.